The summed E-state index contributed by atoms with van der Waals surface area (Å²) in [5.74, 6) is 15.6. The molecule has 0 unspecified atom stereocenters. The standard InChI is InChI=1S/C43H42O6S2/c1-3-5-7-9-19-43(20-10-8-6-4-2)33-25-29(13-17-35-39-41(37(27-44)50-35)48-23-21-46-39)11-15-31(33)32-16-12-30(26-34(32)43)14-18-36-40-42(38(28-45)51-36)49-24-22-47-40/h11-12,15-16,25-28H,3-10,19-24H2,1-2H3. The Balaban J connectivity index is 1.29. The molecule has 0 amide bonds. The molecule has 3 aliphatic rings. The first-order chi connectivity index (χ1) is 25.1. The monoisotopic (exact) mass is 718 g/mol. The van der Waals surface area contributed by atoms with Gasteiger partial charge in [-0.2, -0.15) is 0 Å². The number of benzene rings is 2. The number of aldehydes is 2. The molecule has 4 heterocycles. The zero-order valence-electron chi connectivity index (χ0n) is 29.3. The van der Waals surface area contributed by atoms with Crippen molar-refractivity contribution in [3.63, 3.8) is 0 Å². The van der Waals surface area contributed by atoms with Crippen molar-refractivity contribution in [1.82, 2.24) is 0 Å². The van der Waals surface area contributed by atoms with Gasteiger partial charge >= 0.3 is 0 Å². The smallest absolute Gasteiger partial charge is 0.188 e. The molecule has 8 heteroatoms. The van der Waals surface area contributed by atoms with Gasteiger partial charge in [0.1, 0.15) is 45.9 Å². The van der Waals surface area contributed by atoms with Crippen molar-refractivity contribution in [3.05, 3.63) is 78.2 Å². The van der Waals surface area contributed by atoms with Crippen LogP contribution in [0.5, 0.6) is 23.0 Å². The number of thiophene rings is 2. The van der Waals surface area contributed by atoms with Crippen molar-refractivity contribution in [2.45, 2.75) is 83.5 Å². The molecule has 0 bridgehead atoms. The summed E-state index contributed by atoms with van der Waals surface area (Å²) in [5, 5.41) is 0. The summed E-state index contributed by atoms with van der Waals surface area (Å²) in [4.78, 5) is 25.9. The van der Waals surface area contributed by atoms with Crippen molar-refractivity contribution in [2.24, 2.45) is 0 Å². The van der Waals surface area contributed by atoms with Crippen LogP contribution in [0.3, 0.4) is 0 Å². The predicted molar refractivity (Wildman–Crippen MR) is 204 cm³/mol. The summed E-state index contributed by atoms with van der Waals surface area (Å²) in [5.41, 5.74) is 6.95. The molecule has 7 rings (SSSR count). The Morgan fingerprint density at radius 2 is 1.02 bits per heavy atom. The molecule has 6 nitrogen and oxygen atoms in total. The number of rotatable bonds is 12. The third-order valence-electron chi connectivity index (χ3n) is 9.98. The summed E-state index contributed by atoms with van der Waals surface area (Å²) in [6, 6.07) is 13.3. The van der Waals surface area contributed by atoms with Crippen LogP contribution in [0.1, 0.15) is 129 Å². The minimum absolute atomic E-state index is 0.158. The van der Waals surface area contributed by atoms with E-state index in [4.69, 9.17) is 18.9 Å². The molecule has 0 saturated heterocycles. The Hall–Kier alpha value is -4.50. The minimum atomic E-state index is -0.158. The Labute approximate surface area is 308 Å². The maximum absolute atomic E-state index is 11.7. The van der Waals surface area contributed by atoms with Gasteiger partial charge in [0.25, 0.3) is 0 Å². The SMILES string of the molecule is CCCCCCC1(CCCCCC)c2cc(C#Cc3sc(C=O)c4c3OCCO4)ccc2-c2ccc(C#Cc3sc(C=O)c4c3OCCO4)cc21. The number of ether oxygens (including phenoxy) is 4. The molecular formula is C43H42O6S2. The van der Waals surface area contributed by atoms with Gasteiger partial charge in [0.15, 0.2) is 35.6 Å². The van der Waals surface area contributed by atoms with E-state index in [0.29, 0.717) is 68.9 Å². The van der Waals surface area contributed by atoms with Crippen LogP contribution in [0.2, 0.25) is 0 Å². The second-order valence-corrected chi connectivity index (χ2v) is 15.4. The van der Waals surface area contributed by atoms with Crippen LogP contribution in [0.15, 0.2) is 36.4 Å². The van der Waals surface area contributed by atoms with E-state index in [1.165, 1.54) is 83.5 Å². The molecule has 0 fully saturated rings. The Kier molecular flexibility index (Phi) is 10.8. The first-order valence-corrected chi connectivity index (χ1v) is 19.8. The van der Waals surface area contributed by atoms with Crippen molar-refractivity contribution >= 4 is 35.2 Å². The predicted octanol–water partition coefficient (Wildman–Crippen LogP) is 9.98. The van der Waals surface area contributed by atoms with E-state index in [9.17, 15) is 9.59 Å². The van der Waals surface area contributed by atoms with Crippen LogP contribution in [-0.2, 0) is 5.41 Å². The van der Waals surface area contributed by atoms with Crippen LogP contribution < -0.4 is 18.9 Å². The maximum atomic E-state index is 11.7. The zero-order chi connectivity index (χ0) is 35.2. The number of carbonyl (C=O) groups is 2. The fraction of sp³-hybridized carbons (Fsp3) is 0.395. The van der Waals surface area contributed by atoms with Crippen molar-refractivity contribution in [1.29, 1.82) is 0 Å². The minimum Gasteiger partial charge on any atom is -0.484 e. The lowest BCUT2D eigenvalue weighted by molar-refractivity contribution is 0.110. The fourth-order valence-corrected chi connectivity index (χ4v) is 9.26. The summed E-state index contributed by atoms with van der Waals surface area (Å²) < 4.78 is 23.3. The molecule has 0 atom stereocenters. The van der Waals surface area contributed by atoms with Gasteiger partial charge in [0, 0.05) is 16.5 Å². The molecule has 2 aromatic carbocycles. The van der Waals surface area contributed by atoms with E-state index in [1.54, 1.807) is 0 Å². The van der Waals surface area contributed by atoms with Crippen LogP contribution >= 0.6 is 22.7 Å². The molecule has 1 aliphatic carbocycles. The highest BCUT2D eigenvalue weighted by Crippen LogP contribution is 2.55. The maximum Gasteiger partial charge on any atom is 0.188 e. The van der Waals surface area contributed by atoms with Gasteiger partial charge in [0.2, 0.25) is 0 Å². The van der Waals surface area contributed by atoms with Gasteiger partial charge < -0.3 is 18.9 Å². The lowest BCUT2D eigenvalue weighted by Crippen LogP contribution is -2.26. The van der Waals surface area contributed by atoms with E-state index in [1.807, 2.05) is 0 Å². The van der Waals surface area contributed by atoms with Gasteiger partial charge in [0.05, 0.1) is 0 Å². The molecule has 2 aliphatic heterocycles. The highest BCUT2D eigenvalue weighted by atomic mass is 32.1. The highest BCUT2D eigenvalue weighted by molar-refractivity contribution is 7.15. The van der Waals surface area contributed by atoms with Crippen molar-refractivity contribution in [3.8, 4) is 57.8 Å². The van der Waals surface area contributed by atoms with Gasteiger partial charge in [-0.05, 0) is 71.2 Å². The molecule has 0 N–H and O–H groups in total. The number of unbranched alkanes of at least 4 members (excludes halogenated alkanes) is 6. The average molecular weight is 719 g/mol. The molecule has 0 radical (unpaired) electrons. The number of hydrogen-bond donors (Lipinski definition) is 0. The lowest BCUT2D eigenvalue weighted by Gasteiger charge is -2.33. The molecule has 4 aromatic rings. The summed E-state index contributed by atoms with van der Waals surface area (Å²) in [6.07, 6.45) is 13.3. The largest absolute Gasteiger partial charge is 0.484 e. The molecule has 262 valence electrons. The number of carbonyl (C=O) groups excluding carboxylic acids is 2. The first kappa shape index (κ1) is 34.9. The lowest BCUT2D eigenvalue weighted by atomic mass is 9.70. The van der Waals surface area contributed by atoms with Crippen LogP contribution in [0, 0.1) is 23.7 Å². The normalized spacial score (nSPS) is 14.4. The number of fused-ring (bicyclic) bond motifs is 5. The molecule has 51 heavy (non-hydrogen) atoms. The van der Waals surface area contributed by atoms with Crippen LogP contribution in [-0.4, -0.2) is 39.0 Å². The molecule has 2 aromatic heterocycles. The fourth-order valence-electron chi connectivity index (χ4n) is 7.54. The summed E-state index contributed by atoms with van der Waals surface area (Å²) in [7, 11) is 0. The van der Waals surface area contributed by atoms with E-state index < -0.39 is 0 Å². The van der Waals surface area contributed by atoms with Gasteiger partial charge in [-0.3, -0.25) is 9.59 Å². The van der Waals surface area contributed by atoms with Crippen molar-refractivity contribution < 1.29 is 28.5 Å². The summed E-state index contributed by atoms with van der Waals surface area (Å²) in [6.45, 7) is 6.25. The van der Waals surface area contributed by atoms with E-state index in [-0.39, 0.29) is 5.41 Å². The quantitative estimate of drug-likeness (QED) is 0.0825. The zero-order valence-corrected chi connectivity index (χ0v) is 30.9. The Morgan fingerprint density at radius 1 is 0.588 bits per heavy atom. The van der Waals surface area contributed by atoms with Crippen LogP contribution in [0.4, 0.5) is 0 Å². The van der Waals surface area contributed by atoms with Gasteiger partial charge in [-0.15, -0.1) is 22.7 Å². The van der Waals surface area contributed by atoms with E-state index in [0.717, 1.165) is 49.4 Å². The third kappa shape index (κ3) is 6.93. The van der Waals surface area contributed by atoms with E-state index >= 15 is 0 Å². The van der Waals surface area contributed by atoms with Crippen LogP contribution in [0.25, 0.3) is 11.1 Å². The molecule has 0 spiro atoms. The Bertz CT molecular complexity index is 1920. The highest BCUT2D eigenvalue weighted by Gasteiger charge is 2.42. The summed E-state index contributed by atoms with van der Waals surface area (Å²) >= 11 is 2.64. The first-order valence-electron chi connectivity index (χ1n) is 18.2. The van der Waals surface area contributed by atoms with Gasteiger partial charge in [-0.25, -0.2) is 0 Å². The topological polar surface area (TPSA) is 71.1 Å². The third-order valence-corrected chi connectivity index (χ3v) is 12.0. The van der Waals surface area contributed by atoms with Crippen molar-refractivity contribution in [2.75, 3.05) is 26.4 Å². The second-order valence-electron chi connectivity index (χ2n) is 13.3. The molecular weight excluding hydrogens is 677 g/mol. The average Bonchev–Trinajstić information content (AvgIpc) is 3.81. The Morgan fingerprint density at radius 3 is 1.43 bits per heavy atom. The number of hydrogen-bond acceptors (Lipinski definition) is 8. The van der Waals surface area contributed by atoms with Gasteiger partial charge in [-0.1, -0.05) is 89.2 Å². The van der Waals surface area contributed by atoms with E-state index in [2.05, 4.69) is 73.9 Å². The molecule has 0 saturated carbocycles. The second kappa shape index (κ2) is 15.8.